The van der Waals surface area contributed by atoms with E-state index in [-0.39, 0.29) is 6.04 Å². The minimum atomic E-state index is -0.0263. The van der Waals surface area contributed by atoms with Gasteiger partial charge in [0, 0.05) is 12.4 Å². The van der Waals surface area contributed by atoms with Gasteiger partial charge in [0.2, 0.25) is 0 Å². The smallest absolute Gasteiger partial charge is 0.171 e. The monoisotopic (exact) mass is 295 g/mol. The van der Waals surface area contributed by atoms with Gasteiger partial charge in [-0.1, -0.05) is 72.3 Å². The molecule has 0 saturated heterocycles. The Morgan fingerprint density at radius 1 is 0.762 bits per heavy atom. The Hall–Kier alpha value is -2.39. The van der Waals surface area contributed by atoms with E-state index in [1.165, 1.54) is 0 Å². The zero-order valence-electron chi connectivity index (χ0n) is 11.3. The molecular formula is C17H14ClN3. The number of aromatic nitrogens is 2. The molecule has 0 bridgehead atoms. The highest BCUT2D eigenvalue weighted by atomic mass is 35.5. The number of benzene rings is 2. The van der Waals surface area contributed by atoms with Gasteiger partial charge in [-0.2, -0.15) is 0 Å². The van der Waals surface area contributed by atoms with Crippen molar-refractivity contribution in [3.8, 4) is 0 Å². The third-order valence-corrected chi connectivity index (χ3v) is 3.48. The van der Waals surface area contributed by atoms with E-state index in [0.717, 1.165) is 11.1 Å². The Morgan fingerprint density at radius 2 is 1.29 bits per heavy atom. The number of nitrogens with one attached hydrogen (secondary N) is 1. The number of nitrogens with zero attached hydrogens (tertiary/aromatic N) is 2. The van der Waals surface area contributed by atoms with Crippen molar-refractivity contribution in [3.63, 3.8) is 0 Å². The van der Waals surface area contributed by atoms with Gasteiger partial charge in [-0.15, -0.1) is 0 Å². The first kappa shape index (κ1) is 13.6. The summed E-state index contributed by atoms with van der Waals surface area (Å²) in [5.74, 6) is 0.580. The van der Waals surface area contributed by atoms with Gasteiger partial charge in [0.05, 0.1) is 6.04 Å². The fraction of sp³-hybridized carbons (Fsp3) is 0.0588. The summed E-state index contributed by atoms with van der Waals surface area (Å²) in [5.41, 5.74) is 2.29. The third kappa shape index (κ3) is 3.20. The van der Waals surface area contributed by atoms with Crippen LogP contribution in [0.2, 0.25) is 5.15 Å². The molecule has 3 aromatic rings. The Morgan fingerprint density at radius 3 is 1.81 bits per heavy atom. The van der Waals surface area contributed by atoms with Crippen molar-refractivity contribution < 1.29 is 0 Å². The second kappa shape index (κ2) is 6.37. The molecule has 3 rings (SSSR count). The summed E-state index contributed by atoms with van der Waals surface area (Å²) < 4.78 is 0. The van der Waals surface area contributed by atoms with Crippen LogP contribution in [-0.4, -0.2) is 9.97 Å². The zero-order valence-corrected chi connectivity index (χ0v) is 12.0. The fourth-order valence-corrected chi connectivity index (χ4v) is 2.36. The van der Waals surface area contributed by atoms with Crippen LogP contribution < -0.4 is 5.32 Å². The molecule has 0 aliphatic rings. The second-order valence-electron chi connectivity index (χ2n) is 4.59. The van der Waals surface area contributed by atoms with Crippen LogP contribution >= 0.6 is 11.6 Å². The van der Waals surface area contributed by atoms with Crippen LogP contribution in [0.25, 0.3) is 0 Å². The number of rotatable bonds is 4. The number of anilines is 1. The van der Waals surface area contributed by atoms with Crippen LogP contribution in [0.3, 0.4) is 0 Å². The molecular weight excluding hydrogens is 282 g/mol. The highest BCUT2D eigenvalue weighted by Gasteiger charge is 2.15. The molecule has 1 aromatic heterocycles. The third-order valence-electron chi connectivity index (χ3n) is 3.20. The van der Waals surface area contributed by atoms with Crippen LogP contribution in [0, 0.1) is 0 Å². The summed E-state index contributed by atoms with van der Waals surface area (Å²) >= 11 is 6.11. The van der Waals surface area contributed by atoms with Crippen molar-refractivity contribution in [1.29, 1.82) is 0 Å². The summed E-state index contributed by atoms with van der Waals surface area (Å²) in [5, 5.41) is 3.74. The van der Waals surface area contributed by atoms with Crippen molar-refractivity contribution in [2.75, 3.05) is 5.32 Å². The maximum absolute atomic E-state index is 6.11. The van der Waals surface area contributed by atoms with Gasteiger partial charge in [-0.25, -0.2) is 9.97 Å². The van der Waals surface area contributed by atoms with E-state index in [2.05, 4.69) is 39.6 Å². The molecule has 0 unspecified atom stereocenters. The second-order valence-corrected chi connectivity index (χ2v) is 4.95. The molecule has 0 aliphatic heterocycles. The van der Waals surface area contributed by atoms with Crippen molar-refractivity contribution in [3.05, 3.63) is 89.3 Å². The van der Waals surface area contributed by atoms with E-state index in [1.54, 1.807) is 12.4 Å². The Labute approximate surface area is 128 Å². The van der Waals surface area contributed by atoms with Crippen LogP contribution in [0.4, 0.5) is 5.82 Å². The molecule has 0 fully saturated rings. The first-order valence-electron chi connectivity index (χ1n) is 6.67. The molecule has 104 valence electrons. The van der Waals surface area contributed by atoms with Gasteiger partial charge in [-0.05, 0) is 11.1 Å². The van der Waals surface area contributed by atoms with Gasteiger partial charge >= 0.3 is 0 Å². The minimum absolute atomic E-state index is 0.0263. The van der Waals surface area contributed by atoms with Crippen LogP contribution in [0.1, 0.15) is 17.2 Å². The lowest BCUT2D eigenvalue weighted by Crippen LogP contribution is -2.13. The molecule has 3 nitrogen and oxygen atoms in total. The SMILES string of the molecule is Clc1nccnc1NC(c1ccccc1)c1ccccc1. The lowest BCUT2D eigenvalue weighted by molar-refractivity contribution is 0.922. The molecule has 0 amide bonds. The van der Waals surface area contributed by atoms with E-state index in [0.29, 0.717) is 11.0 Å². The van der Waals surface area contributed by atoms with Crippen molar-refractivity contribution in [2.45, 2.75) is 6.04 Å². The summed E-state index contributed by atoms with van der Waals surface area (Å²) in [6.45, 7) is 0. The predicted octanol–water partition coefficient (Wildman–Crippen LogP) is 4.33. The molecule has 1 N–H and O–H groups in total. The normalized spacial score (nSPS) is 10.6. The van der Waals surface area contributed by atoms with Crippen molar-refractivity contribution in [2.24, 2.45) is 0 Å². The van der Waals surface area contributed by atoms with E-state index < -0.39 is 0 Å². The average molecular weight is 296 g/mol. The summed E-state index contributed by atoms with van der Waals surface area (Å²) in [4.78, 5) is 8.32. The zero-order chi connectivity index (χ0) is 14.5. The maximum Gasteiger partial charge on any atom is 0.171 e. The molecule has 21 heavy (non-hydrogen) atoms. The Bertz CT molecular complexity index is 662. The number of halogens is 1. The van der Waals surface area contributed by atoms with Gasteiger partial charge in [-0.3, -0.25) is 0 Å². The lowest BCUT2D eigenvalue weighted by Gasteiger charge is -2.20. The highest BCUT2D eigenvalue weighted by molar-refractivity contribution is 6.31. The Balaban J connectivity index is 1.99. The van der Waals surface area contributed by atoms with Crippen molar-refractivity contribution in [1.82, 2.24) is 9.97 Å². The van der Waals surface area contributed by atoms with Gasteiger partial charge in [0.15, 0.2) is 11.0 Å². The van der Waals surface area contributed by atoms with Crippen LogP contribution in [0.5, 0.6) is 0 Å². The molecule has 0 aliphatic carbocycles. The maximum atomic E-state index is 6.11. The van der Waals surface area contributed by atoms with Gasteiger partial charge < -0.3 is 5.32 Å². The first-order valence-corrected chi connectivity index (χ1v) is 7.05. The van der Waals surface area contributed by atoms with E-state index in [9.17, 15) is 0 Å². The van der Waals surface area contributed by atoms with E-state index in [4.69, 9.17) is 11.6 Å². The standard InChI is InChI=1S/C17H14ClN3/c18-16-17(20-12-11-19-16)21-15(13-7-3-1-4-8-13)14-9-5-2-6-10-14/h1-12,15H,(H,20,21). The van der Waals surface area contributed by atoms with Crippen LogP contribution in [0.15, 0.2) is 73.1 Å². The van der Waals surface area contributed by atoms with E-state index in [1.807, 2.05) is 36.4 Å². The summed E-state index contributed by atoms with van der Waals surface area (Å²) in [7, 11) is 0. The van der Waals surface area contributed by atoms with Crippen LogP contribution in [-0.2, 0) is 0 Å². The van der Waals surface area contributed by atoms with Gasteiger partial charge in [0.1, 0.15) is 0 Å². The summed E-state index contributed by atoms with van der Waals surface area (Å²) in [6, 6.07) is 20.4. The van der Waals surface area contributed by atoms with Gasteiger partial charge in [0.25, 0.3) is 0 Å². The fourth-order valence-electron chi connectivity index (χ4n) is 2.20. The van der Waals surface area contributed by atoms with Crippen molar-refractivity contribution >= 4 is 17.4 Å². The lowest BCUT2D eigenvalue weighted by atomic mass is 9.99. The molecule has 1 heterocycles. The molecule has 2 aromatic carbocycles. The quantitative estimate of drug-likeness (QED) is 0.778. The minimum Gasteiger partial charge on any atom is -0.357 e. The molecule has 0 saturated carbocycles. The topological polar surface area (TPSA) is 37.8 Å². The molecule has 4 heteroatoms. The molecule has 0 atom stereocenters. The largest absolute Gasteiger partial charge is 0.357 e. The highest BCUT2D eigenvalue weighted by Crippen LogP contribution is 2.27. The number of hydrogen-bond donors (Lipinski definition) is 1. The number of hydrogen-bond acceptors (Lipinski definition) is 3. The van der Waals surface area contributed by atoms with E-state index >= 15 is 0 Å². The molecule has 0 radical (unpaired) electrons. The summed E-state index contributed by atoms with van der Waals surface area (Å²) in [6.07, 6.45) is 3.20. The predicted molar refractivity (Wildman–Crippen MR) is 85.4 cm³/mol. The first-order chi connectivity index (χ1) is 10.3. The average Bonchev–Trinajstić information content (AvgIpc) is 2.56. The Kier molecular flexibility index (Phi) is 4.12. The molecule has 0 spiro atoms.